The summed E-state index contributed by atoms with van der Waals surface area (Å²) < 4.78 is 10.9. The van der Waals surface area contributed by atoms with Crippen LogP contribution in [0.25, 0.3) is 0 Å². The number of hydrogen-bond acceptors (Lipinski definition) is 4. The molecule has 1 atom stereocenters. The Kier molecular flexibility index (Phi) is 7.21. The third-order valence-electron chi connectivity index (χ3n) is 4.10. The molecule has 0 spiro atoms. The first kappa shape index (κ1) is 20.7. The van der Waals surface area contributed by atoms with Crippen molar-refractivity contribution in [3.8, 4) is 5.75 Å². The molecule has 0 aliphatic rings. The summed E-state index contributed by atoms with van der Waals surface area (Å²) >= 11 is 6.03. The first-order valence-corrected chi connectivity index (χ1v) is 8.89. The maximum Gasteiger partial charge on any atom is 0.313 e. The Hall–Kier alpha value is -2.57. The third kappa shape index (κ3) is 5.70. The van der Waals surface area contributed by atoms with Gasteiger partial charge in [-0.15, -0.1) is 0 Å². The number of anilines is 1. The van der Waals surface area contributed by atoms with Gasteiger partial charge in [0, 0.05) is 17.8 Å². The zero-order valence-corrected chi connectivity index (χ0v) is 16.3. The van der Waals surface area contributed by atoms with Crippen LogP contribution in [0.2, 0.25) is 5.02 Å². The van der Waals surface area contributed by atoms with E-state index in [0.717, 1.165) is 5.56 Å². The fourth-order valence-electron chi connectivity index (χ4n) is 2.43. The number of halogens is 1. The second-order valence-electron chi connectivity index (χ2n) is 6.04. The number of amides is 2. The molecule has 144 valence electrons. The van der Waals surface area contributed by atoms with Crippen LogP contribution in [-0.2, 0) is 19.9 Å². The summed E-state index contributed by atoms with van der Waals surface area (Å²) in [4.78, 5) is 24.3. The SMILES string of the molecule is CCOc1ccc(NC(=O)C(=O)NCC(C)(OC)c2cccc(Cl)c2)cc1. The lowest BCUT2D eigenvalue weighted by molar-refractivity contribution is -0.137. The van der Waals surface area contributed by atoms with E-state index in [1.165, 1.54) is 7.11 Å². The number of rotatable bonds is 7. The number of carbonyl (C=O) groups excluding carboxylic acids is 2. The van der Waals surface area contributed by atoms with E-state index in [4.69, 9.17) is 21.1 Å². The van der Waals surface area contributed by atoms with Crippen LogP contribution >= 0.6 is 11.6 Å². The Balaban J connectivity index is 1.96. The molecule has 0 radical (unpaired) electrons. The van der Waals surface area contributed by atoms with Crippen LogP contribution in [0.4, 0.5) is 5.69 Å². The number of hydrogen-bond donors (Lipinski definition) is 2. The standard InChI is InChI=1S/C20H23ClN2O4/c1-4-27-17-10-8-16(9-11-17)23-19(25)18(24)22-13-20(2,26-3)14-6-5-7-15(21)12-14/h5-12H,4,13H2,1-3H3,(H,22,24)(H,23,25). The summed E-state index contributed by atoms with van der Waals surface area (Å²) in [5.41, 5.74) is 0.479. The molecule has 0 aliphatic carbocycles. The summed E-state index contributed by atoms with van der Waals surface area (Å²) in [6.07, 6.45) is 0. The molecule has 0 fully saturated rings. The van der Waals surface area contributed by atoms with Crippen molar-refractivity contribution >= 4 is 29.1 Å². The van der Waals surface area contributed by atoms with E-state index < -0.39 is 17.4 Å². The van der Waals surface area contributed by atoms with Crippen LogP contribution in [0.15, 0.2) is 48.5 Å². The molecule has 6 nitrogen and oxygen atoms in total. The highest BCUT2D eigenvalue weighted by molar-refractivity contribution is 6.39. The van der Waals surface area contributed by atoms with Gasteiger partial charge in [0.2, 0.25) is 0 Å². The molecule has 2 N–H and O–H groups in total. The van der Waals surface area contributed by atoms with Gasteiger partial charge in [-0.25, -0.2) is 0 Å². The molecule has 0 heterocycles. The van der Waals surface area contributed by atoms with E-state index >= 15 is 0 Å². The summed E-state index contributed by atoms with van der Waals surface area (Å²) in [5, 5.41) is 5.71. The van der Waals surface area contributed by atoms with Crippen molar-refractivity contribution in [3.63, 3.8) is 0 Å². The average Bonchev–Trinajstić information content (AvgIpc) is 2.67. The molecule has 2 aromatic rings. The van der Waals surface area contributed by atoms with Crippen molar-refractivity contribution in [3.05, 3.63) is 59.1 Å². The van der Waals surface area contributed by atoms with Crippen LogP contribution in [0.1, 0.15) is 19.4 Å². The second kappa shape index (κ2) is 9.39. The van der Waals surface area contributed by atoms with Gasteiger partial charge in [-0.05, 0) is 55.8 Å². The molecule has 7 heteroatoms. The molecule has 2 amide bonds. The molecule has 2 rings (SSSR count). The molecule has 0 bridgehead atoms. The highest BCUT2D eigenvalue weighted by atomic mass is 35.5. The zero-order valence-electron chi connectivity index (χ0n) is 15.5. The van der Waals surface area contributed by atoms with Crippen molar-refractivity contribution in [2.75, 3.05) is 25.6 Å². The lowest BCUT2D eigenvalue weighted by Crippen LogP contribution is -2.44. The number of carbonyl (C=O) groups is 2. The van der Waals surface area contributed by atoms with Gasteiger partial charge < -0.3 is 20.1 Å². The third-order valence-corrected chi connectivity index (χ3v) is 4.34. The molecule has 0 saturated carbocycles. The Morgan fingerprint density at radius 3 is 2.41 bits per heavy atom. The van der Waals surface area contributed by atoms with Gasteiger partial charge in [-0.1, -0.05) is 23.7 Å². The molecular weight excluding hydrogens is 368 g/mol. The van der Waals surface area contributed by atoms with Crippen molar-refractivity contribution in [1.29, 1.82) is 0 Å². The largest absolute Gasteiger partial charge is 0.494 e. The average molecular weight is 391 g/mol. The molecule has 27 heavy (non-hydrogen) atoms. The van der Waals surface area contributed by atoms with Gasteiger partial charge >= 0.3 is 11.8 Å². The molecule has 1 unspecified atom stereocenters. The van der Waals surface area contributed by atoms with Gasteiger partial charge in [0.25, 0.3) is 0 Å². The normalized spacial score (nSPS) is 12.7. The maximum atomic E-state index is 12.1. The molecule has 0 aromatic heterocycles. The fraction of sp³-hybridized carbons (Fsp3) is 0.300. The fourth-order valence-corrected chi connectivity index (χ4v) is 2.62. The van der Waals surface area contributed by atoms with Gasteiger partial charge in [0.15, 0.2) is 0 Å². The van der Waals surface area contributed by atoms with Gasteiger partial charge in [-0.2, -0.15) is 0 Å². The van der Waals surface area contributed by atoms with Crippen molar-refractivity contribution in [2.45, 2.75) is 19.4 Å². The Bertz CT molecular complexity index is 795. The predicted molar refractivity (Wildman–Crippen MR) is 105 cm³/mol. The van der Waals surface area contributed by atoms with E-state index in [-0.39, 0.29) is 6.54 Å². The second-order valence-corrected chi connectivity index (χ2v) is 6.48. The molecule has 0 aliphatic heterocycles. The van der Waals surface area contributed by atoms with Crippen LogP contribution in [0.3, 0.4) is 0 Å². The van der Waals surface area contributed by atoms with Crippen molar-refractivity contribution < 1.29 is 19.1 Å². The summed E-state index contributed by atoms with van der Waals surface area (Å²) in [7, 11) is 1.53. The number of benzene rings is 2. The van der Waals surface area contributed by atoms with Gasteiger partial charge in [0.1, 0.15) is 11.4 Å². The predicted octanol–water partition coefficient (Wildman–Crippen LogP) is 3.36. The van der Waals surface area contributed by atoms with E-state index in [2.05, 4.69) is 10.6 Å². The first-order chi connectivity index (χ1) is 12.9. The summed E-state index contributed by atoms with van der Waals surface area (Å²) in [6.45, 7) is 4.36. The summed E-state index contributed by atoms with van der Waals surface area (Å²) in [6, 6.07) is 13.9. The van der Waals surface area contributed by atoms with Crippen LogP contribution < -0.4 is 15.4 Å². The maximum absolute atomic E-state index is 12.1. The Morgan fingerprint density at radius 1 is 1.11 bits per heavy atom. The number of nitrogens with one attached hydrogen (secondary N) is 2. The van der Waals surface area contributed by atoms with Crippen LogP contribution in [0.5, 0.6) is 5.75 Å². The highest BCUT2D eigenvalue weighted by Crippen LogP contribution is 2.26. The van der Waals surface area contributed by atoms with Crippen molar-refractivity contribution in [2.24, 2.45) is 0 Å². The quantitative estimate of drug-likeness (QED) is 0.711. The van der Waals surface area contributed by atoms with E-state index in [1.807, 2.05) is 19.9 Å². The zero-order chi connectivity index (χ0) is 19.9. The lowest BCUT2D eigenvalue weighted by atomic mass is 9.95. The smallest absolute Gasteiger partial charge is 0.313 e. The van der Waals surface area contributed by atoms with Crippen LogP contribution in [0, 0.1) is 0 Å². The van der Waals surface area contributed by atoms with Gasteiger partial charge in [0.05, 0.1) is 13.2 Å². The Morgan fingerprint density at radius 2 is 1.81 bits per heavy atom. The highest BCUT2D eigenvalue weighted by Gasteiger charge is 2.28. The van der Waals surface area contributed by atoms with Crippen molar-refractivity contribution in [1.82, 2.24) is 5.32 Å². The van der Waals surface area contributed by atoms with E-state index in [9.17, 15) is 9.59 Å². The summed E-state index contributed by atoms with van der Waals surface area (Å²) in [5.74, 6) is -0.824. The first-order valence-electron chi connectivity index (χ1n) is 8.51. The number of ether oxygens (including phenoxy) is 2. The number of methoxy groups -OCH3 is 1. The minimum atomic E-state index is -0.819. The minimum absolute atomic E-state index is 0.110. The van der Waals surface area contributed by atoms with E-state index in [1.54, 1.807) is 42.5 Å². The molecule has 0 saturated heterocycles. The van der Waals surface area contributed by atoms with Crippen LogP contribution in [-0.4, -0.2) is 32.1 Å². The lowest BCUT2D eigenvalue weighted by Gasteiger charge is -2.29. The minimum Gasteiger partial charge on any atom is -0.494 e. The molecular formula is C20H23ClN2O4. The van der Waals surface area contributed by atoms with E-state index in [0.29, 0.717) is 23.1 Å². The Labute approximate surface area is 163 Å². The monoisotopic (exact) mass is 390 g/mol. The van der Waals surface area contributed by atoms with Gasteiger partial charge in [-0.3, -0.25) is 9.59 Å². The topological polar surface area (TPSA) is 76.7 Å². The molecule has 2 aromatic carbocycles.